The number of hydrogen-bond acceptors (Lipinski definition) is 1. The molecule has 0 bridgehead atoms. The van der Waals surface area contributed by atoms with E-state index in [1.165, 1.54) is 0 Å². The van der Waals surface area contributed by atoms with Crippen molar-refractivity contribution >= 4 is 6.79 Å². The minimum absolute atomic E-state index is 0. The largest absolute Gasteiger partial charge is 2.00 e. The van der Waals surface area contributed by atoms with Gasteiger partial charge in [-0.25, -0.2) is 0 Å². The summed E-state index contributed by atoms with van der Waals surface area (Å²) in [6.45, 7) is 4.50. The van der Waals surface area contributed by atoms with Crippen molar-refractivity contribution < 1.29 is 24.3 Å². The Morgan fingerprint density at radius 3 is 1.25 bits per heavy atom. The van der Waals surface area contributed by atoms with Crippen molar-refractivity contribution in [3.8, 4) is 0 Å². The Kier molecular flexibility index (Phi) is 1400. The average Bonchev–Trinajstić information content (AvgIpc) is 1.00. The fourth-order valence-electron chi connectivity index (χ4n) is 0. The van der Waals surface area contributed by atoms with Gasteiger partial charge in [0, 0.05) is 0 Å². The second-order valence-electron chi connectivity index (χ2n) is 0. The molecule has 0 aliphatic carbocycles. The van der Waals surface area contributed by atoms with Gasteiger partial charge in [-0.3, -0.25) is 0 Å². The van der Waals surface area contributed by atoms with Gasteiger partial charge in [-0.2, -0.15) is 0 Å². The molecule has 0 fully saturated rings. The van der Waals surface area contributed by atoms with Crippen LogP contribution in [0.5, 0.6) is 0 Å². The fourth-order valence-corrected chi connectivity index (χ4v) is 0. The van der Waals surface area contributed by atoms with E-state index in [9.17, 15) is 0 Å². The molecule has 0 aliphatic rings. The summed E-state index contributed by atoms with van der Waals surface area (Å²) in [5.41, 5.74) is 0. The first-order valence-electron chi connectivity index (χ1n) is 0.204. The number of rotatable bonds is 0. The van der Waals surface area contributed by atoms with Crippen molar-refractivity contribution in [3.05, 3.63) is 7.43 Å². The van der Waals surface area contributed by atoms with E-state index in [-0.39, 0.29) is 26.9 Å². The van der Waals surface area contributed by atoms with Gasteiger partial charge in [-0.05, 0) is 0 Å². The molecule has 0 aromatic rings. The predicted octanol–water partition coefficient (Wildman–Crippen LogP) is 0.0507. The molecule has 4 heavy (non-hydrogen) atoms. The van der Waals surface area contributed by atoms with Gasteiger partial charge in [0.2, 0.25) is 0 Å². The summed E-state index contributed by atoms with van der Waals surface area (Å²) < 4.78 is 0. The van der Waals surface area contributed by atoms with E-state index in [1.807, 2.05) is 0 Å². The second kappa shape index (κ2) is 201. The minimum atomic E-state index is 0. The Balaban J connectivity index is -0.00000000500. The van der Waals surface area contributed by atoms with Crippen LogP contribution in [-0.4, -0.2) is 6.79 Å². The zero-order valence-electron chi connectivity index (χ0n) is 2.26. The molecule has 0 unspecified atom stereocenters. The molecule has 2 heteroatoms. The van der Waals surface area contributed by atoms with Gasteiger partial charge in [-0.1, -0.05) is 0 Å². The molecule has 0 heterocycles. The standard InChI is InChI=1S/CO.CH3.Ru/c1-2;;/h;1H3;/q2*-1;+2. The normalized spacial score (nSPS) is 1.00. The zero-order valence-corrected chi connectivity index (χ0v) is 4.00. The minimum Gasteiger partial charge on any atom is -0.573 e. The third-order valence-electron chi connectivity index (χ3n) is 0. The molecule has 0 rings (SSSR count). The molecule has 0 atom stereocenters. The zero-order chi connectivity index (χ0) is 2.00. The molecular weight excluding hydrogens is 141 g/mol. The summed E-state index contributed by atoms with van der Waals surface area (Å²) in [4.78, 5) is 7.50. The van der Waals surface area contributed by atoms with Gasteiger partial charge in [0.25, 0.3) is 0 Å². The van der Waals surface area contributed by atoms with Crippen LogP contribution in [0.2, 0.25) is 0 Å². The molecule has 25 valence electrons. The van der Waals surface area contributed by atoms with Gasteiger partial charge in [0.05, 0.1) is 0 Å². The van der Waals surface area contributed by atoms with Gasteiger partial charge >= 0.3 is 19.5 Å². The van der Waals surface area contributed by atoms with Crippen LogP contribution < -0.4 is 0 Å². The van der Waals surface area contributed by atoms with E-state index in [1.54, 1.807) is 0 Å². The Morgan fingerprint density at radius 1 is 1.25 bits per heavy atom. The van der Waals surface area contributed by atoms with E-state index in [2.05, 4.69) is 6.79 Å². The summed E-state index contributed by atoms with van der Waals surface area (Å²) >= 11 is 0. The molecule has 0 aliphatic heterocycles. The van der Waals surface area contributed by atoms with Crippen molar-refractivity contribution in [3.63, 3.8) is 0 Å². The van der Waals surface area contributed by atoms with Crippen molar-refractivity contribution in [1.29, 1.82) is 0 Å². The van der Waals surface area contributed by atoms with Crippen LogP contribution >= 0.6 is 0 Å². The molecular formula is C2H3ORu. The van der Waals surface area contributed by atoms with Crippen LogP contribution in [0.25, 0.3) is 0 Å². The maximum Gasteiger partial charge on any atom is 2.00 e. The molecule has 0 saturated heterocycles. The number of carbonyl (C=O) groups excluding carboxylic acids is 1. The Labute approximate surface area is 39.2 Å². The van der Waals surface area contributed by atoms with Crippen molar-refractivity contribution in [2.24, 2.45) is 0 Å². The van der Waals surface area contributed by atoms with E-state index in [0.29, 0.717) is 0 Å². The van der Waals surface area contributed by atoms with Crippen molar-refractivity contribution in [2.45, 2.75) is 0 Å². The van der Waals surface area contributed by atoms with E-state index >= 15 is 0 Å². The van der Waals surface area contributed by atoms with E-state index in [0.717, 1.165) is 0 Å². The molecule has 0 amide bonds. The fraction of sp³-hybridized carbons (Fsp3) is 0. The van der Waals surface area contributed by atoms with Crippen LogP contribution in [0.3, 0.4) is 0 Å². The molecule has 0 spiro atoms. The van der Waals surface area contributed by atoms with Crippen molar-refractivity contribution in [2.75, 3.05) is 0 Å². The summed E-state index contributed by atoms with van der Waals surface area (Å²) in [5.74, 6) is 0. The van der Waals surface area contributed by atoms with Gasteiger partial charge in [0.1, 0.15) is 0 Å². The van der Waals surface area contributed by atoms with Crippen molar-refractivity contribution in [1.82, 2.24) is 0 Å². The van der Waals surface area contributed by atoms with Gasteiger partial charge in [-0.15, -0.1) is 0 Å². The Hall–Kier alpha value is 0.293. The first-order chi connectivity index (χ1) is 1.00. The van der Waals surface area contributed by atoms with Gasteiger partial charge in [0.15, 0.2) is 0 Å². The summed E-state index contributed by atoms with van der Waals surface area (Å²) in [6.07, 6.45) is 0. The maximum absolute atomic E-state index is 7.50. The second-order valence-corrected chi connectivity index (χ2v) is 0. The first-order valence-corrected chi connectivity index (χ1v) is 0.204. The predicted molar refractivity (Wildman–Crippen MR) is 12.1 cm³/mol. The summed E-state index contributed by atoms with van der Waals surface area (Å²) in [7, 11) is 0. The van der Waals surface area contributed by atoms with E-state index in [4.69, 9.17) is 4.79 Å². The SMILES string of the molecule is [C-]=O.[CH3-].[Ru+2]. The number of hydrogen-bond donors (Lipinski definition) is 0. The van der Waals surface area contributed by atoms with Crippen LogP contribution in [0.4, 0.5) is 0 Å². The van der Waals surface area contributed by atoms with Crippen LogP contribution in [0.15, 0.2) is 0 Å². The van der Waals surface area contributed by atoms with Gasteiger partial charge < -0.3 is 19.0 Å². The monoisotopic (exact) mass is 145 g/mol. The molecule has 0 aromatic carbocycles. The average molecular weight is 144 g/mol. The van der Waals surface area contributed by atoms with Crippen LogP contribution in [0, 0.1) is 7.43 Å². The molecule has 0 N–H and O–H groups in total. The Bertz CT molecular complexity index is 6.00. The third kappa shape index (κ3) is 44.6. The molecule has 0 aromatic heterocycles. The van der Waals surface area contributed by atoms with E-state index < -0.39 is 0 Å². The molecule has 1 radical (unpaired) electrons. The van der Waals surface area contributed by atoms with Crippen LogP contribution in [0.1, 0.15) is 0 Å². The molecule has 1 nitrogen and oxygen atoms in total. The Morgan fingerprint density at radius 2 is 1.25 bits per heavy atom. The maximum atomic E-state index is 7.50. The quantitative estimate of drug-likeness (QED) is 0.347. The van der Waals surface area contributed by atoms with Crippen LogP contribution in [-0.2, 0) is 24.3 Å². The summed E-state index contributed by atoms with van der Waals surface area (Å²) in [6, 6.07) is 0. The smallest absolute Gasteiger partial charge is 0.573 e. The topological polar surface area (TPSA) is 17.1 Å². The third-order valence-corrected chi connectivity index (χ3v) is 0. The molecule has 0 saturated carbocycles. The first kappa shape index (κ1) is 27.8. The summed E-state index contributed by atoms with van der Waals surface area (Å²) in [5, 5.41) is 0.